The van der Waals surface area contributed by atoms with Crippen LogP contribution in [0.1, 0.15) is 44.5 Å². The van der Waals surface area contributed by atoms with Crippen molar-refractivity contribution in [1.82, 2.24) is 15.5 Å². The van der Waals surface area contributed by atoms with Crippen molar-refractivity contribution in [2.45, 2.75) is 46.3 Å². The van der Waals surface area contributed by atoms with Crippen molar-refractivity contribution in [2.24, 2.45) is 5.92 Å². The summed E-state index contributed by atoms with van der Waals surface area (Å²) < 4.78 is 0. The van der Waals surface area contributed by atoms with Crippen LogP contribution in [0.4, 0.5) is 0 Å². The minimum atomic E-state index is -0.269. The molecule has 3 N–H and O–H groups in total. The predicted octanol–water partition coefficient (Wildman–Crippen LogP) is 1.78. The number of hydrogen-bond acceptors (Lipinski definition) is 3. The van der Waals surface area contributed by atoms with Gasteiger partial charge in [-0.25, -0.2) is 0 Å². The average molecular weight is 225 g/mol. The fourth-order valence-corrected chi connectivity index (χ4v) is 1.85. The zero-order chi connectivity index (χ0) is 12.1. The van der Waals surface area contributed by atoms with E-state index in [0.717, 1.165) is 17.7 Å². The molecule has 2 unspecified atom stereocenters. The zero-order valence-corrected chi connectivity index (χ0v) is 10.6. The molecular weight excluding hydrogens is 202 g/mol. The van der Waals surface area contributed by atoms with E-state index in [9.17, 15) is 5.11 Å². The molecule has 0 saturated carbocycles. The first-order valence-corrected chi connectivity index (χ1v) is 5.92. The molecule has 0 amide bonds. The van der Waals surface area contributed by atoms with E-state index in [-0.39, 0.29) is 12.1 Å². The fraction of sp³-hybridized carbons (Fsp3) is 0.750. The van der Waals surface area contributed by atoms with E-state index < -0.39 is 0 Å². The summed E-state index contributed by atoms with van der Waals surface area (Å²) in [4.78, 5) is 0. The van der Waals surface area contributed by atoms with E-state index in [1.807, 2.05) is 13.1 Å². The molecule has 2 atom stereocenters. The number of hydrogen-bond donors (Lipinski definition) is 3. The molecule has 0 radical (unpaired) electrons. The standard InChI is InChI=1S/C12H23N3O/c1-8(2)5-11(16)6-13-9(3)12-7-14-15-10(12)4/h7-9,11,13,16H,5-6H2,1-4H3,(H,14,15). The van der Waals surface area contributed by atoms with Crippen LogP contribution in [-0.2, 0) is 0 Å². The summed E-state index contributed by atoms with van der Waals surface area (Å²) in [6, 6.07) is 0.223. The summed E-state index contributed by atoms with van der Waals surface area (Å²) in [5.74, 6) is 0.530. The highest BCUT2D eigenvalue weighted by Crippen LogP contribution is 2.14. The quantitative estimate of drug-likeness (QED) is 0.691. The fourth-order valence-electron chi connectivity index (χ4n) is 1.85. The summed E-state index contributed by atoms with van der Waals surface area (Å²) in [5, 5.41) is 20.0. The van der Waals surface area contributed by atoms with Gasteiger partial charge >= 0.3 is 0 Å². The molecule has 0 spiro atoms. The number of nitrogens with zero attached hydrogens (tertiary/aromatic N) is 1. The normalized spacial score (nSPS) is 15.4. The molecule has 16 heavy (non-hydrogen) atoms. The highest BCUT2D eigenvalue weighted by molar-refractivity contribution is 5.18. The van der Waals surface area contributed by atoms with Gasteiger partial charge in [-0.3, -0.25) is 5.10 Å². The Morgan fingerprint density at radius 2 is 2.12 bits per heavy atom. The lowest BCUT2D eigenvalue weighted by Crippen LogP contribution is -2.30. The van der Waals surface area contributed by atoms with Gasteiger partial charge in [0.2, 0.25) is 0 Å². The molecule has 1 heterocycles. The maximum atomic E-state index is 9.75. The number of aromatic amines is 1. The monoisotopic (exact) mass is 225 g/mol. The smallest absolute Gasteiger partial charge is 0.0667 e. The second-order valence-corrected chi connectivity index (χ2v) is 4.86. The van der Waals surface area contributed by atoms with Crippen LogP contribution in [0, 0.1) is 12.8 Å². The summed E-state index contributed by atoms with van der Waals surface area (Å²) in [6.07, 6.45) is 2.40. The molecule has 0 aliphatic rings. The Morgan fingerprint density at radius 1 is 1.44 bits per heavy atom. The molecule has 4 nitrogen and oxygen atoms in total. The Labute approximate surface area is 97.5 Å². The van der Waals surface area contributed by atoms with Gasteiger partial charge in [0.1, 0.15) is 0 Å². The van der Waals surface area contributed by atoms with Crippen molar-refractivity contribution in [2.75, 3.05) is 6.54 Å². The van der Waals surface area contributed by atoms with Crippen LogP contribution in [-0.4, -0.2) is 28.0 Å². The topological polar surface area (TPSA) is 60.9 Å². The highest BCUT2D eigenvalue weighted by atomic mass is 16.3. The van der Waals surface area contributed by atoms with E-state index in [4.69, 9.17) is 0 Å². The average Bonchev–Trinajstić information content (AvgIpc) is 2.60. The van der Waals surface area contributed by atoms with Gasteiger partial charge in [0.15, 0.2) is 0 Å². The molecule has 0 aliphatic heterocycles. The van der Waals surface area contributed by atoms with Gasteiger partial charge in [0.05, 0.1) is 12.3 Å². The third kappa shape index (κ3) is 3.94. The SMILES string of the molecule is Cc1[nH]ncc1C(C)NCC(O)CC(C)C. The molecule has 1 aromatic heterocycles. The Kier molecular flexibility index (Phi) is 4.96. The Hall–Kier alpha value is -0.870. The van der Waals surface area contributed by atoms with Gasteiger partial charge in [-0.15, -0.1) is 0 Å². The molecule has 0 aliphatic carbocycles. The van der Waals surface area contributed by atoms with Gasteiger partial charge in [-0.1, -0.05) is 13.8 Å². The summed E-state index contributed by atoms with van der Waals surface area (Å²) in [6.45, 7) is 8.95. The zero-order valence-electron chi connectivity index (χ0n) is 10.6. The van der Waals surface area contributed by atoms with Crippen LogP contribution in [0.5, 0.6) is 0 Å². The molecule has 0 aromatic carbocycles. The number of H-pyrrole nitrogens is 1. The molecule has 0 saturated heterocycles. The van der Waals surface area contributed by atoms with Crippen molar-refractivity contribution < 1.29 is 5.11 Å². The van der Waals surface area contributed by atoms with Crippen molar-refractivity contribution in [3.05, 3.63) is 17.5 Å². The predicted molar refractivity (Wildman–Crippen MR) is 65.2 cm³/mol. The summed E-state index contributed by atoms with van der Waals surface area (Å²) in [7, 11) is 0. The molecule has 4 heteroatoms. The molecule has 0 fully saturated rings. The highest BCUT2D eigenvalue weighted by Gasteiger charge is 2.12. The summed E-state index contributed by atoms with van der Waals surface area (Å²) >= 11 is 0. The first-order valence-electron chi connectivity index (χ1n) is 5.92. The van der Waals surface area contributed by atoms with E-state index in [0.29, 0.717) is 12.5 Å². The number of aliphatic hydroxyl groups excluding tert-OH is 1. The van der Waals surface area contributed by atoms with Gasteiger partial charge < -0.3 is 10.4 Å². The molecule has 1 aromatic rings. The van der Waals surface area contributed by atoms with Gasteiger partial charge in [0, 0.05) is 23.8 Å². The lowest BCUT2D eigenvalue weighted by molar-refractivity contribution is 0.143. The number of nitrogens with one attached hydrogen (secondary N) is 2. The number of aryl methyl sites for hydroxylation is 1. The number of rotatable bonds is 6. The minimum absolute atomic E-state index is 0.223. The largest absolute Gasteiger partial charge is 0.392 e. The van der Waals surface area contributed by atoms with Gasteiger partial charge in [-0.2, -0.15) is 5.10 Å². The van der Waals surface area contributed by atoms with E-state index >= 15 is 0 Å². The third-order valence-corrected chi connectivity index (χ3v) is 2.74. The molecular formula is C12H23N3O. The summed E-state index contributed by atoms with van der Waals surface area (Å²) in [5.41, 5.74) is 2.25. The molecule has 92 valence electrons. The number of aliphatic hydroxyl groups is 1. The lowest BCUT2D eigenvalue weighted by Gasteiger charge is -2.18. The van der Waals surface area contributed by atoms with E-state index in [2.05, 4.69) is 36.3 Å². The van der Waals surface area contributed by atoms with Gasteiger partial charge in [0.25, 0.3) is 0 Å². The first kappa shape index (κ1) is 13.2. The van der Waals surface area contributed by atoms with Crippen molar-refractivity contribution >= 4 is 0 Å². The van der Waals surface area contributed by atoms with Crippen LogP contribution in [0.2, 0.25) is 0 Å². The lowest BCUT2D eigenvalue weighted by atomic mass is 10.1. The Bertz CT molecular complexity index is 309. The second kappa shape index (κ2) is 6.01. The Balaban J connectivity index is 2.35. The molecule has 1 rings (SSSR count). The number of aromatic nitrogens is 2. The van der Waals surface area contributed by atoms with Crippen LogP contribution < -0.4 is 5.32 Å². The molecule has 0 bridgehead atoms. The second-order valence-electron chi connectivity index (χ2n) is 4.86. The van der Waals surface area contributed by atoms with E-state index in [1.165, 1.54) is 0 Å². The van der Waals surface area contributed by atoms with Gasteiger partial charge in [-0.05, 0) is 26.2 Å². The van der Waals surface area contributed by atoms with E-state index in [1.54, 1.807) is 0 Å². The maximum absolute atomic E-state index is 9.75. The third-order valence-electron chi connectivity index (χ3n) is 2.74. The van der Waals surface area contributed by atoms with Crippen LogP contribution >= 0.6 is 0 Å². The van der Waals surface area contributed by atoms with Crippen LogP contribution in [0.15, 0.2) is 6.20 Å². The van der Waals surface area contributed by atoms with Crippen molar-refractivity contribution in [3.63, 3.8) is 0 Å². The maximum Gasteiger partial charge on any atom is 0.0667 e. The first-order chi connectivity index (χ1) is 7.50. The Morgan fingerprint density at radius 3 is 2.62 bits per heavy atom. The van der Waals surface area contributed by atoms with Crippen LogP contribution in [0.3, 0.4) is 0 Å². The van der Waals surface area contributed by atoms with Crippen molar-refractivity contribution in [3.8, 4) is 0 Å². The van der Waals surface area contributed by atoms with Crippen LogP contribution in [0.25, 0.3) is 0 Å². The minimum Gasteiger partial charge on any atom is -0.392 e. The van der Waals surface area contributed by atoms with Crippen molar-refractivity contribution in [1.29, 1.82) is 0 Å².